The predicted molar refractivity (Wildman–Crippen MR) is 83.6 cm³/mol. The average molecular weight is 314 g/mol. The maximum atomic E-state index is 12.5. The van der Waals surface area contributed by atoms with E-state index in [0.717, 1.165) is 10.5 Å². The number of nitrogens with zero attached hydrogens (tertiary/aromatic N) is 1. The van der Waals surface area contributed by atoms with Gasteiger partial charge in [0.2, 0.25) is 5.76 Å². The molecule has 0 N–H and O–H groups in total. The zero-order chi connectivity index (χ0) is 15.7. The Labute approximate surface area is 132 Å². The summed E-state index contributed by atoms with van der Waals surface area (Å²) in [6.45, 7) is 1.82. The van der Waals surface area contributed by atoms with Crippen LogP contribution in [0.5, 0.6) is 5.75 Å². The van der Waals surface area contributed by atoms with Gasteiger partial charge in [0.05, 0.1) is 5.69 Å². The van der Waals surface area contributed by atoms with Crippen LogP contribution in [0.2, 0.25) is 0 Å². The molecule has 3 rings (SSSR count). The number of aryl methyl sites for hydroxylation is 1. The van der Waals surface area contributed by atoms with E-state index in [1.54, 1.807) is 36.4 Å². The molecule has 0 aromatic heterocycles. The third kappa shape index (κ3) is 2.38. The Balaban J connectivity index is 1.96. The van der Waals surface area contributed by atoms with E-state index < -0.39 is 11.8 Å². The molecular weight excluding hydrogens is 302 g/mol. The molecule has 1 aliphatic rings. The van der Waals surface area contributed by atoms with Gasteiger partial charge < -0.3 is 4.74 Å². The molecule has 0 fully saturated rings. The molecule has 2 amide bonds. The van der Waals surface area contributed by atoms with Crippen LogP contribution in [0.15, 0.2) is 65.4 Å². The first-order valence-electron chi connectivity index (χ1n) is 6.66. The van der Waals surface area contributed by atoms with Crippen LogP contribution in [0.3, 0.4) is 0 Å². The Kier molecular flexibility index (Phi) is 3.69. The quantitative estimate of drug-likeness (QED) is 0.816. The molecule has 0 saturated heterocycles. The number of benzene rings is 2. The second kappa shape index (κ2) is 5.66. The van der Waals surface area contributed by atoms with Crippen molar-refractivity contribution in [3.05, 3.63) is 71.0 Å². The topological polar surface area (TPSA) is 46.6 Å². The first-order valence-corrected chi connectivity index (χ1v) is 7.04. The molecule has 4 nitrogen and oxygen atoms in total. The SMILES string of the molecule is Cc1ccccc1N1C(=O)C(Cl)=C(Oc2ccccc2)C1=O. The van der Waals surface area contributed by atoms with Crippen LogP contribution in [-0.4, -0.2) is 11.8 Å². The Morgan fingerprint density at radius 1 is 0.909 bits per heavy atom. The zero-order valence-electron chi connectivity index (χ0n) is 11.7. The number of ether oxygens (including phenoxy) is 1. The molecule has 2 aromatic carbocycles. The summed E-state index contributed by atoms with van der Waals surface area (Å²) in [7, 11) is 0. The van der Waals surface area contributed by atoms with Crippen molar-refractivity contribution >= 4 is 29.1 Å². The standard InChI is InChI=1S/C17H12ClNO3/c1-11-7-5-6-10-13(11)19-16(20)14(18)15(17(19)21)22-12-8-3-2-4-9-12/h2-10H,1H3. The van der Waals surface area contributed by atoms with Crippen molar-refractivity contribution in [2.75, 3.05) is 4.90 Å². The molecule has 0 bridgehead atoms. The highest BCUT2D eigenvalue weighted by molar-refractivity contribution is 6.52. The fourth-order valence-corrected chi connectivity index (χ4v) is 2.41. The number of hydrogen-bond acceptors (Lipinski definition) is 3. The number of para-hydroxylation sites is 2. The van der Waals surface area contributed by atoms with Crippen molar-refractivity contribution in [1.29, 1.82) is 0 Å². The molecule has 0 saturated carbocycles. The van der Waals surface area contributed by atoms with Gasteiger partial charge in [-0.15, -0.1) is 0 Å². The summed E-state index contributed by atoms with van der Waals surface area (Å²) in [6, 6.07) is 15.8. The van der Waals surface area contributed by atoms with E-state index >= 15 is 0 Å². The molecule has 0 unspecified atom stereocenters. The monoisotopic (exact) mass is 313 g/mol. The Morgan fingerprint density at radius 2 is 1.55 bits per heavy atom. The minimum absolute atomic E-state index is 0.152. The zero-order valence-corrected chi connectivity index (χ0v) is 12.5. The number of imide groups is 1. The van der Waals surface area contributed by atoms with Crippen LogP contribution in [-0.2, 0) is 9.59 Å². The second-order valence-electron chi connectivity index (χ2n) is 4.79. The Hall–Kier alpha value is -2.59. The van der Waals surface area contributed by atoms with E-state index in [4.69, 9.17) is 16.3 Å². The smallest absolute Gasteiger partial charge is 0.302 e. The number of carbonyl (C=O) groups is 2. The number of hydrogen-bond donors (Lipinski definition) is 0. The minimum Gasteiger partial charge on any atom is -0.450 e. The average Bonchev–Trinajstić information content (AvgIpc) is 2.73. The van der Waals surface area contributed by atoms with E-state index in [1.165, 1.54) is 0 Å². The highest BCUT2D eigenvalue weighted by Crippen LogP contribution is 2.32. The van der Waals surface area contributed by atoms with Crippen LogP contribution >= 0.6 is 11.6 Å². The van der Waals surface area contributed by atoms with Gasteiger partial charge in [0.1, 0.15) is 5.75 Å². The van der Waals surface area contributed by atoms with Crippen molar-refractivity contribution in [3.63, 3.8) is 0 Å². The highest BCUT2D eigenvalue weighted by atomic mass is 35.5. The van der Waals surface area contributed by atoms with E-state index in [0.29, 0.717) is 11.4 Å². The van der Waals surface area contributed by atoms with Crippen molar-refractivity contribution < 1.29 is 14.3 Å². The molecule has 0 spiro atoms. The third-order valence-electron chi connectivity index (χ3n) is 3.31. The molecule has 2 aromatic rings. The van der Waals surface area contributed by atoms with Gasteiger partial charge >= 0.3 is 5.91 Å². The largest absolute Gasteiger partial charge is 0.450 e. The van der Waals surface area contributed by atoms with Crippen molar-refractivity contribution in [2.45, 2.75) is 6.92 Å². The summed E-state index contributed by atoms with van der Waals surface area (Å²) in [4.78, 5) is 25.9. The molecular formula is C17H12ClNO3. The van der Waals surface area contributed by atoms with Crippen LogP contribution in [0.4, 0.5) is 5.69 Å². The molecule has 5 heteroatoms. The van der Waals surface area contributed by atoms with Crippen molar-refractivity contribution in [3.8, 4) is 5.75 Å². The van der Waals surface area contributed by atoms with Crippen molar-refractivity contribution in [2.24, 2.45) is 0 Å². The number of anilines is 1. The van der Waals surface area contributed by atoms with Gasteiger partial charge in [-0.2, -0.15) is 0 Å². The minimum atomic E-state index is -0.577. The summed E-state index contributed by atoms with van der Waals surface area (Å²) in [5.41, 5.74) is 1.30. The lowest BCUT2D eigenvalue weighted by molar-refractivity contribution is -0.121. The number of amides is 2. The van der Waals surface area contributed by atoms with E-state index in [1.807, 2.05) is 25.1 Å². The number of carbonyl (C=O) groups excluding carboxylic acids is 2. The van der Waals surface area contributed by atoms with Gasteiger partial charge in [0, 0.05) is 0 Å². The Bertz CT molecular complexity index is 784. The van der Waals surface area contributed by atoms with Gasteiger partial charge in [-0.25, -0.2) is 4.90 Å². The highest BCUT2D eigenvalue weighted by Gasteiger charge is 2.41. The van der Waals surface area contributed by atoms with Gasteiger partial charge in [-0.3, -0.25) is 9.59 Å². The van der Waals surface area contributed by atoms with E-state index in [9.17, 15) is 9.59 Å². The normalized spacial score (nSPS) is 14.7. The summed E-state index contributed by atoms with van der Waals surface area (Å²) >= 11 is 6.01. The molecule has 0 radical (unpaired) electrons. The summed E-state index contributed by atoms with van der Waals surface area (Å²) in [5, 5.41) is -0.211. The van der Waals surface area contributed by atoms with E-state index in [2.05, 4.69) is 0 Å². The van der Waals surface area contributed by atoms with E-state index in [-0.39, 0.29) is 10.8 Å². The lowest BCUT2D eigenvalue weighted by Crippen LogP contribution is -2.32. The van der Waals surface area contributed by atoms with Crippen molar-refractivity contribution in [1.82, 2.24) is 0 Å². The maximum absolute atomic E-state index is 12.5. The predicted octanol–water partition coefficient (Wildman–Crippen LogP) is 3.40. The van der Waals surface area contributed by atoms with Gasteiger partial charge in [0.15, 0.2) is 5.03 Å². The third-order valence-corrected chi connectivity index (χ3v) is 3.64. The Morgan fingerprint density at radius 3 is 2.23 bits per heavy atom. The second-order valence-corrected chi connectivity index (χ2v) is 5.17. The first-order chi connectivity index (χ1) is 10.6. The fraction of sp³-hybridized carbons (Fsp3) is 0.0588. The summed E-state index contributed by atoms with van der Waals surface area (Å²) < 4.78 is 5.50. The van der Waals surface area contributed by atoms with Crippen LogP contribution in [0, 0.1) is 6.92 Å². The molecule has 1 aliphatic heterocycles. The molecule has 1 heterocycles. The fourth-order valence-electron chi connectivity index (χ4n) is 2.21. The lowest BCUT2D eigenvalue weighted by Gasteiger charge is -2.16. The number of halogens is 1. The van der Waals surface area contributed by atoms with Crippen LogP contribution in [0.1, 0.15) is 5.56 Å². The molecule has 0 atom stereocenters. The number of rotatable bonds is 3. The van der Waals surface area contributed by atoms with Gasteiger partial charge in [-0.1, -0.05) is 48.0 Å². The summed E-state index contributed by atoms with van der Waals surface area (Å²) in [6.07, 6.45) is 0. The van der Waals surface area contributed by atoms with Gasteiger partial charge in [-0.05, 0) is 30.7 Å². The lowest BCUT2D eigenvalue weighted by atomic mass is 10.2. The summed E-state index contributed by atoms with van der Waals surface area (Å²) in [5.74, 6) is -0.843. The first kappa shape index (κ1) is 14.4. The van der Waals surface area contributed by atoms with Crippen LogP contribution < -0.4 is 9.64 Å². The van der Waals surface area contributed by atoms with Gasteiger partial charge in [0.25, 0.3) is 5.91 Å². The molecule has 0 aliphatic carbocycles. The molecule has 110 valence electrons. The maximum Gasteiger partial charge on any atom is 0.302 e. The van der Waals surface area contributed by atoms with Crippen LogP contribution in [0.25, 0.3) is 0 Å². The molecule has 22 heavy (non-hydrogen) atoms.